The predicted octanol–water partition coefficient (Wildman–Crippen LogP) is 3.04. The van der Waals surface area contributed by atoms with E-state index >= 15 is 0 Å². The van der Waals surface area contributed by atoms with E-state index in [2.05, 4.69) is 31.7 Å². The first kappa shape index (κ1) is 17.8. The molecule has 1 aromatic rings. The maximum Gasteiger partial charge on any atom is 0.161 e. The van der Waals surface area contributed by atoms with Crippen molar-refractivity contribution in [1.82, 2.24) is 4.90 Å². The molecule has 4 nitrogen and oxygen atoms in total. The summed E-state index contributed by atoms with van der Waals surface area (Å²) in [5, 5.41) is 0. The lowest BCUT2D eigenvalue weighted by molar-refractivity contribution is 0.0971. The van der Waals surface area contributed by atoms with E-state index in [1.165, 1.54) is 5.56 Å². The van der Waals surface area contributed by atoms with Crippen LogP contribution in [0.15, 0.2) is 18.2 Å². The molecule has 1 atom stereocenters. The first-order valence-corrected chi connectivity index (χ1v) is 7.70. The summed E-state index contributed by atoms with van der Waals surface area (Å²) in [6.45, 7) is 9.21. The Morgan fingerprint density at radius 2 is 1.81 bits per heavy atom. The van der Waals surface area contributed by atoms with Crippen LogP contribution in [-0.4, -0.2) is 37.7 Å². The van der Waals surface area contributed by atoms with Gasteiger partial charge in [0.1, 0.15) is 0 Å². The van der Waals surface area contributed by atoms with Crippen LogP contribution in [0.25, 0.3) is 0 Å². The fourth-order valence-electron chi connectivity index (χ4n) is 2.51. The average Bonchev–Trinajstić information content (AvgIpc) is 2.53. The molecule has 0 spiro atoms. The van der Waals surface area contributed by atoms with E-state index in [1.807, 2.05) is 12.1 Å². The summed E-state index contributed by atoms with van der Waals surface area (Å²) >= 11 is 0. The van der Waals surface area contributed by atoms with Crippen molar-refractivity contribution < 1.29 is 9.47 Å². The predicted molar refractivity (Wildman–Crippen MR) is 88.0 cm³/mol. The summed E-state index contributed by atoms with van der Waals surface area (Å²) in [6, 6.07) is 6.11. The van der Waals surface area contributed by atoms with E-state index in [4.69, 9.17) is 15.2 Å². The van der Waals surface area contributed by atoms with E-state index in [-0.39, 0.29) is 5.54 Å². The van der Waals surface area contributed by atoms with Crippen molar-refractivity contribution in [3.8, 4) is 11.5 Å². The fourth-order valence-corrected chi connectivity index (χ4v) is 2.51. The number of methoxy groups -OCH3 is 2. The first-order chi connectivity index (χ1) is 10.0. The number of ether oxygens (including phenoxy) is 2. The second-order valence-corrected chi connectivity index (χ2v) is 5.67. The molecule has 0 heterocycles. The number of hydrogen-bond acceptors (Lipinski definition) is 4. The summed E-state index contributed by atoms with van der Waals surface area (Å²) in [4.78, 5) is 2.47. The summed E-state index contributed by atoms with van der Waals surface area (Å²) in [6.07, 6.45) is 2.15. The molecule has 0 amide bonds. The van der Waals surface area contributed by atoms with E-state index in [9.17, 15) is 0 Å². The third kappa shape index (κ3) is 4.35. The van der Waals surface area contributed by atoms with Gasteiger partial charge in [-0.3, -0.25) is 4.90 Å². The van der Waals surface area contributed by atoms with E-state index < -0.39 is 0 Å². The summed E-state index contributed by atoms with van der Waals surface area (Å²) in [7, 11) is 3.32. The van der Waals surface area contributed by atoms with Crippen LogP contribution in [0.3, 0.4) is 0 Å². The highest BCUT2D eigenvalue weighted by Crippen LogP contribution is 2.29. The van der Waals surface area contributed by atoms with Crippen molar-refractivity contribution in [2.75, 3.05) is 27.3 Å². The zero-order valence-electron chi connectivity index (χ0n) is 14.1. The summed E-state index contributed by atoms with van der Waals surface area (Å²) in [5.41, 5.74) is 7.27. The Morgan fingerprint density at radius 1 is 1.14 bits per heavy atom. The lowest BCUT2D eigenvalue weighted by atomic mass is 9.95. The van der Waals surface area contributed by atoms with E-state index in [0.717, 1.165) is 37.4 Å². The minimum Gasteiger partial charge on any atom is -0.493 e. The molecule has 1 rings (SSSR count). The third-order valence-electron chi connectivity index (χ3n) is 4.28. The molecule has 0 aromatic heterocycles. The maximum atomic E-state index is 6.02. The maximum absolute atomic E-state index is 6.02. The molecule has 0 bridgehead atoms. The van der Waals surface area contributed by atoms with Gasteiger partial charge in [-0.15, -0.1) is 0 Å². The molecule has 0 aliphatic rings. The van der Waals surface area contributed by atoms with Crippen molar-refractivity contribution in [3.05, 3.63) is 23.8 Å². The number of nitrogens with two attached hydrogens (primary N) is 1. The molecule has 1 aromatic carbocycles. The first-order valence-electron chi connectivity index (χ1n) is 7.70. The smallest absolute Gasteiger partial charge is 0.161 e. The Labute approximate surface area is 129 Å². The zero-order valence-corrected chi connectivity index (χ0v) is 14.1. The van der Waals surface area contributed by atoms with Crippen LogP contribution < -0.4 is 15.2 Å². The molecule has 21 heavy (non-hydrogen) atoms. The third-order valence-corrected chi connectivity index (χ3v) is 4.28. The van der Waals surface area contributed by atoms with Crippen molar-refractivity contribution >= 4 is 0 Å². The Kier molecular flexibility index (Phi) is 6.99. The fraction of sp³-hybridized carbons (Fsp3) is 0.647. The molecular weight excluding hydrogens is 264 g/mol. The van der Waals surface area contributed by atoms with Gasteiger partial charge in [-0.05, 0) is 44.0 Å². The highest BCUT2D eigenvalue weighted by molar-refractivity contribution is 5.42. The average molecular weight is 294 g/mol. The highest BCUT2D eigenvalue weighted by Gasteiger charge is 2.28. The lowest BCUT2D eigenvalue weighted by Crippen LogP contribution is -2.51. The van der Waals surface area contributed by atoms with Gasteiger partial charge in [0.05, 0.1) is 14.2 Å². The molecule has 0 aliphatic heterocycles. The van der Waals surface area contributed by atoms with Gasteiger partial charge in [-0.2, -0.15) is 0 Å². The molecule has 1 unspecified atom stereocenters. The minimum atomic E-state index is 0.0309. The van der Waals surface area contributed by atoms with Gasteiger partial charge in [-0.1, -0.05) is 19.9 Å². The van der Waals surface area contributed by atoms with Gasteiger partial charge in [0.2, 0.25) is 0 Å². The summed E-state index contributed by atoms with van der Waals surface area (Å²) in [5.74, 6) is 1.54. The summed E-state index contributed by atoms with van der Waals surface area (Å²) < 4.78 is 10.7. The topological polar surface area (TPSA) is 47.7 Å². The minimum absolute atomic E-state index is 0.0309. The molecule has 2 N–H and O–H groups in total. The molecule has 0 saturated heterocycles. The van der Waals surface area contributed by atoms with Crippen molar-refractivity contribution in [3.63, 3.8) is 0 Å². The molecule has 0 radical (unpaired) electrons. The van der Waals surface area contributed by atoms with Crippen molar-refractivity contribution in [2.24, 2.45) is 5.73 Å². The molecule has 120 valence electrons. The molecule has 0 fully saturated rings. The second-order valence-electron chi connectivity index (χ2n) is 5.67. The molecule has 0 saturated carbocycles. The largest absolute Gasteiger partial charge is 0.493 e. The van der Waals surface area contributed by atoms with Gasteiger partial charge in [0.15, 0.2) is 11.5 Å². The Hall–Kier alpha value is -1.26. The zero-order chi connectivity index (χ0) is 15.9. The Bertz CT molecular complexity index is 431. The Morgan fingerprint density at radius 3 is 2.29 bits per heavy atom. The van der Waals surface area contributed by atoms with Crippen LogP contribution in [0.4, 0.5) is 0 Å². The van der Waals surface area contributed by atoms with Crippen molar-refractivity contribution in [1.29, 1.82) is 0 Å². The van der Waals surface area contributed by atoms with E-state index in [0.29, 0.717) is 6.54 Å². The Balaban J connectivity index is 2.98. The number of benzene rings is 1. The van der Waals surface area contributed by atoms with Gasteiger partial charge >= 0.3 is 0 Å². The molecular formula is C17H30N2O2. The van der Waals surface area contributed by atoms with Crippen molar-refractivity contribution in [2.45, 2.75) is 45.7 Å². The SMILES string of the molecule is CCCN(Cc1ccc(OC)c(OC)c1)C(C)(CC)CN. The number of hydrogen-bond donors (Lipinski definition) is 1. The van der Waals surface area contributed by atoms with Crippen LogP contribution in [-0.2, 0) is 6.54 Å². The van der Waals surface area contributed by atoms with E-state index in [1.54, 1.807) is 14.2 Å². The lowest BCUT2D eigenvalue weighted by Gasteiger charge is -2.40. The van der Waals surface area contributed by atoms with Gasteiger partial charge in [0, 0.05) is 18.6 Å². The monoisotopic (exact) mass is 294 g/mol. The number of rotatable bonds is 9. The molecule has 4 heteroatoms. The van der Waals surface area contributed by atoms with Crippen LogP contribution in [0.1, 0.15) is 39.2 Å². The van der Waals surface area contributed by atoms with Gasteiger partial charge < -0.3 is 15.2 Å². The van der Waals surface area contributed by atoms with Crippen LogP contribution in [0, 0.1) is 0 Å². The standard InChI is InChI=1S/C17H30N2O2/c1-6-10-19(17(3,7-2)13-18)12-14-8-9-15(20-4)16(11-14)21-5/h8-9,11H,6-7,10,12-13,18H2,1-5H3. The second kappa shape index (κ2) is 8.25. The van der Waals surface area contributed by atoms with Gasteiger partial charge in [0.25, 0.3) is 0 Å². The van der Waals surface area contributed by atoms with Crippen LogP contribution in [0.2, 0.25) is 0 Å². The van der Waals surface area contributed by atoms with Crippen LogP contribution >= 0.6 is 0 Å². The molecule has 0 aliphatic carbocycles. The quantitative estimate of drug-likeness (QED) is 0.760. The number of nitrogens with zero attached hydrogens (tertiary/aromatic N) is 1. The highest BCUT2D eigenvalue weighted by atomic mass is 16.5. The van der Waals surface area contributed by atoms with Crippen LogP contribution in [0.5, 0.6) is 11.5 Å². The van der Waals surface area contributed by atoms with Gasteiger partial charge in [-0.25, -0.2) is 0 Å². The normalized spacial score (nSPS) is 14.0.